The maximum absolute atomic E-state index is 12.1. The molecule has 2 rings (SSSR count). The van der Waals surface area contributed by atoms with E-state index in [1.54, 1.807) is 19.3 Å². The first-order valence-electron chi connectivity index (χ1n) is 9.53. The number of carbonyl (C=O) groups excluding carboxylic acids is 1. The van der Waals surface area contributed by atoms with Gasteiger partial charge in [-0.25, -0.2) is 0 Å². The molecule has 0 aromatic heterocycles. The predicted octanol–water partition coefficient (Wildman–Crippen LogP) is 3.31. The van der Waals surface area contributed by atoms with E-state index in [-0.39, 0.29) is 18.4 Å². The van der Waals surface area contributed by atoms with Crippen LogP contribution in [0.1, 0.15) is 56.6 Å². The summed E-state index contributed by atoms with van der Waals surface area (Å²) in [6.45, 7) is 0.677. The number of likely N-dealkylation sites (tertiary alicyclic amines) is 1. The Morgan fingerprint density at radius 3 is 2.85 bits per heavy atom. The number of aliphatic carboxylic acids is 1. The summed E-state index contributed by atoms with van der Waals surface area (Å²) in [5.74, 6) is 0.0797. The van der Waals surface area contributed by atoms with Crippen molar-refractivity contribution >= 4 is 11.9 Å². The van der Waals surface area contributed by atoms with Crippen LogP contribution in [-0.2, 0) is 9.59 Å². The molecule has 0 saturated carbocycles. The van der Waals surface area contributed by atoms with E-state index in [9.17, 15) is 14.7 Å². The number of aliphatic hydroxyl groups excluding tert-OH is 1. The second kappa shape index (κ2) is 10.7. The van der Waals surface area contributed by atoms with Crippen LogP contribution in [0.4, 0.5) is 0 Å². The number of aliphatic hydroxyl groups is 1. The molecule has 6 heteroatoms. The molecule has 1 aromatic rings. The van der Waals surface area contributed by atoms with E-state index in [0.717, 1.165) is 31.2 Å². The first-order valence-corrected chi connectivity index (χ1v) is 9.53. The molecule has 6 nitrogen and oxygen atoms in total. The molecule has 2 atom stereocenters. The van der Waals surface area contributed by atoms with Crippen molar-refractivity contribution in [2.24, 2.45) is 0 Å². The Labute approximate surface area is 160 Å². The molecule has 1 saturated heterocycles. The molecule has 1 fully saturated rings. The molecule has 1 amide bonds. The average molecular weight is 375 g/mol. The number of hydrogen-bond acceptors (Lipinski definition) is 4. The molecule has 0 spiro atoms. The van der Waals surface area contributed by atoms with Crippen molar-refractivity contribution in [2.75, 3.05) is 13.7 Å². The average Bonchev–Trinajstić information content (AvgIpc) is 3.02. The molecule has 148 valence electrons. The molecule has 1 aromatic carbocycles. The summed E-state index contributed by atoms with van der Waals surface area (Å²) in [6, 6.07) is 7.31. The minimum atomic E-state index is -0.760. The van der Waals surface area contributed by atoms with Crippen LogP contribution in [0.15, 0.2) is 36.4 Å². The lowest BCUT2D eigenvalue weighted by Gasteiger charge is -2.22. The third-order valence-electron chi connectivity index (χ3n) is 4.87. The fourth-order valence-corrected chi connectivity index (χ4v) is 3.33. The van der Waals surface area contributed by atoms with Crippen LogP contribution in [0.25, 0.3) is 0 Å². The number of hydrogen-bond donors (Lipinski definition) is 2. The molecular formula is C21H29NO5. The summed E-state index contributed by atoms with van der Waals surface area (Å²) >= 11 is 0. The van der Waals surface area contributed by atoms with Gasteiger partial charge in [0, 0.05) is 19.4 Å². The lowest BCUT2D eigenvalue weighted by molar-refractivity contribution is -0.137. The van der Waals surface area contributed by atoms with Crippen LogP contribution in [0.5, 0.6) is 5.75 Å². The number of carboxylic acids is 1. The van der Waals surface area contributed by atoms with Crippen LogP contribution in [-0.4, -0.2) is 46.7 Å². The van der Waals surface area contributed by atoms with E-state index < -0.39 is 12.1 Å². The van der Waals surface area contributed by atoms with Gasteiger partial charge in [0.05, 0.1) is 19.3 Å². The molecule has 27 heavy (non-hydrogen) atoms. The van der Waals surface area contributed by atoms with Crippen LogP contribution in [0.2, 0.25) is 0 Å². The van der Waals surface area contributed by atoms with Gasteiger partial charge in [0.1, 0.15) is 5.75 Å². The zero-order valence-electron chi connectivity index (χ0n) is 15.8. The highest BCUT2D eigenvalue weighted by Gasteiger charge is 2.28. The van der Waals surface area contributed by atoms with Crippen molar-refractivity contribution in [3.63, 3.8) is 0 Å². The third kappa shape index (κ3) is 6.71. The second-order valence-electron chi connectivity index (χ2n) is 6.86. The van der Waals surface area contributed by atoms with Crippen molar-refractivity contribution in [3.8, 4) is 5.75 Å². The monoisotopic (exact) mass is 375 g/mol. The molecule has 1 aliphatic heterocycles. The number of benzene rings is 1. The molecular weight excluding hydrogens is 346 g/mol. The lowest BCUT2D eigenvalue weighted by atomic mass is 10.1. The van der Waals surface area contributed by atoms with Gasteiger partial charge in [0.2, 0.25) is 5.91 Å². The molecule has 1 aliphatic rings. The normalized spacial score (nSPS) is 18.2. The van der Waals surface area contributed by atoms with E-state index >= 15 is 0 Å². The summed E-state index contributed by atoms with van der Waals surface area (Å²) in [7, 11) is 1.59. The Hall–Kier alpha value is -2.34. The minimum Gasteiger partial charge on any atom is -0.497 e. The minimum absolute atomic E-state index is 0.0109. The van der Waals surface area contributed by atoms with Gasteiger partial charge in [-0.05, 0) is 37.0 Å². The lowest BCUT2D eigenvalue weighted by Crippen LogP contribution is -2.32. The predicted molar refractivity (Wildman–Crippen MR) is 103 cm³/mol. The van der Waals surface area contributed by atoms with E-state index in [1.807, 2.05) is 29.2 Å². The summed E-state index contributed by atoms with van der Waals surface area (Å²) in [5, 5.41) is 19.0. The van der Waals surface area contributed by atoms with E-state index in [2.05, 4.69) is 0 Å². The zero-order valence-corrected chi connectivity index (χ0v) is 15.8. The quantitative estimate of drug-likeness (QED) is 0.458. The van der Waals surface area contributed by atoms with E-state index in [1.165, 1.54) is 0 Å². The molecule has 2 unspecified atom stereocenters. The van der Waals surface area contributed by atoms with Gasteiger partial charge in [-0.3, -0.25) is 9.59 Å². The molecule has 0 bridgehead atoms. The Kier molecular flexibility index (Phi) is 8.33. The standard InChI is InChI=1S/C21H29NO5/c1-27-18-8-6-7-16(15-18)19(23)12-10-17-11-13-20(24)22(17)14-5-3-2-4-9-21(25)26/h6-8,10,12,15,17,19,23H,2-5,9,11,13-14H2,1H3,(H,25,26). The molecule has 0 radical (unpaired) electrons. The number of nitrogens with zero attached hydrogens (tertiary/aromatic N) is 1. The van der Waals surface area contributed by atoms with Gasteiger partial charge in [0.25, 0.3) is 0 Å². The largest absolute Gasteiger partial charge is 0.497 e. The van der Waals surface area contributed by atoms with Crippen LogP contribution >= 0.6 is 0 Å². The Bertz CT molecular complexity index is 658. The van der Waals surface area contributed by atoms with Crippen molar-refractivity contribution in [3.05, 3.63) is 42.0 Å². The number of methoxy groups -OCH3 is 1. The van der Waals surface area contributed by atoms with Gasteiger partial charge in [0.15, 0.2) is 0 Å². The van der Waals surface area contributed by atoms with Crippen molar-refractivity contribution in [1.29, 1.82) is 0 Å². The van der Waals surface area contributed by atoms with Gasteiger partial charge < -0.3 is 19.8 Å². The van der Waals surface area contributed by atoms with E-state index in [0.29, 0.717) is 25.1 Å². The number of carbonyl (C=O) groups is 2. The number of rotatable bonds is 11. The Balaban J connectivity index is 1.83. The van der Waals surface area contributed by atoms with E-state index in [4.69, 9.17) is 9.84 Å². The number of amides is 1. The van der Waals surface area contributed by atoms with Gasteiger partial charge in [-0.15, -0.1) is 0 Å². The van der Waals surface area contributed by atoms with Crippen molar-refractivity contribution < 1.29 is 24.5 Å². The first kappa shape index (κ1) is 21.0. The fraction of sp³-hybridized carbons (Fsp3) is 0.524. The second-order valence-corrected chi connectivity index (χ2v) is 6.86. The van der Waals surface area contributed by atoms with Crippen LogP contribution < -0.4 is 4.74 Å². The Morgan fingerprint density at radius 1 is 1.33 bits per heavy atom. The van der Waals surface area contributed by atoms with Crippen molar-refractivity contribution in [2.45, 2.75) is 57.1 Å². The molecule has 2 N–H and O–H groups in total. The summed E-state index contributed by atoms with van der Waals surface area (Å²) in [6.07, 6.45) is 7.74. The van der Waals surface area contributed by atoms with Gasteiger partial charge in [-0.1, -0.05) is 37.1 Å². The number of carboxylic acid groups (broad SMARTS) is 1. The fourth-order valence-electron chi connectivity index (χ4n) is 3.33. The first-order chi connectivity index (χ1) is 13.0. The maximum atomic E-state index is 12.1. The highest BCUT2D eigenvalue weighted by molar-refractivity contribution is 5.79. The third-order valence-corrected chi connectivity index (χ3v) is 4.87. The van der Waals surface area contributed by atoms with Gasteiger partial charge in [-0.2, -0.15) is 0 Å². The molecule has 1 heterocycles. The smallest absolute Gasteiger partial charge is 0.303 e. The van der Waals surface area contributed by atoms with Crippen LogP contribution in [0.3, 0.4) is 0 Å². The summed E-state index contributed by atoms with van der Waals surface area (Å²) in [5.41, 5.74) is 0.750. The summed E-state index contributed by atoms with van der Waals surface area (Å²) in [4.78, 5) is 24.5. The zero-order chi connectivity index (χ0) is 19.6. The summed E-state index contributed by atoms with van der Waals surface area (Å²) < 4.78 is 5.18. The van der Waals surface area contributed by atoms with Crippen molar-refractivity contribution in [1.82, 2.24) is 4.90 Å². The SMILES string of the molecule is COc1cccc(C(O)C=CC2CCC(=O)N2CCCCCCC(=O)O)c1. The maximum Gasteiger partial charge on any atom is 0.303 e. The topological polar surface area (TPSA) is 87.1 Å². The molecule has 0 aliphatic carbocycles. The highest BCUT2D eigenvalue weighted by atomic mass is 16.5. The van der Waals surface area contributed by atoms with Crippen LogP contribution in [0, 0.1) is 0 Å². The number of ether oxygens (including phenoxy) is 1. The Morgan fingerprint density at radius 2 is 2.11 bits per heavy atom. The highest BCUT2D eigenvalue weighted by Crippen LogP contribution is 2.24. The van der Waals surface area contributed by atoms with Gasteiger partial charge >= 0.3 is 5.97 Å². The number of unbranched alkanes of at least 4 members (excludes halogenated alkanes) is 3.